The predicted molar refractivity (Wildman–Crippen MR) is 137 cm³/mol. The van der Waals surface area contributed by atoms with Crippen LogP contribution in [0.1, 0.15) is 52.9 Å². The van der Waals surface area contributed by atoms with E-state index in [9.17, 15) is 4.79 Å². The summed E-state index contributed by atoms with van der Waals surface area (Å²) in [5.74, 6) is 2.54. The van der Waals surface area contributed by atoms with Crippen molar-refractivity contribution in [3.05, 3.63) is 87.4 Å². The average Bonchev–Trinajstić information content (AvgIpc) is 2.86. The highest BCUT2D eigenvalue weighted by Gasteiger charge is 2.34. The molecule has 0 fully saturated rings. The Balaban J connectivity index is 1.69. The fraction of sp³-hybridized carbons (Fsp3) is 0.321. The molecule has 1 heterocycles. The van der Waals surface area contributed by atoms with Crippen molar-refractivity contribution < 1.29 is 19.0 Å². The van der Waals surface area contributed by atoms with Crippen LogP contribution in [-0.2, 0) is 6.42 Å². The second-order valence-corrected chi connectivity index (χ2v) is 9.54. The molecular formula is C28H30BrNO4. The van der Waals surface area contributed by atoms with E-state index in [1.165, 1.54) is 5.56 Å². The van der Waals surface area contributed by atoms with Gasteiger partial charge in [0.1, 0.15) is 12.4 Å². The topological polar surface area (TPSA) is 48.0 Å². The molecule has 4 rings (SSSR count). The van der Waals surface area contributed by atoms with Crippen molar-refractivity contribution in [2.75, 3.05) is 27.4 Å². The Labute approximate surface area is 209 Å². The molecule has 0 saturated heterocycles. The van der Waals surface area contributed by atoms with Gasteiger partial charge in [-0.1, -0.05) is 38.1 Å². The Hall–Kier alpha value is -2.99. The fourth-order valence-corrected chi connectivity index (χ4v) is 4.82. The number of fused-ring (bicyclic) bond motifs is 1. The molecule has 0 aliphatic carbocycles. The van der Waals surface area contributed by atoms with Gasteiger partial charge >= 0.3 is 0 Å². The molecule has 34 heavy (non-hydrogen) atoms. The number of benzene rings is 3. The molecule has 3 aromatic carbocycles. The zero-order valence-corrected chi connectivity index (χ0v) is 21.6. The zero-order chi connectivity index (χ0) is 24.2. The molecule has 6 heteroatoms. The Kier molecular flexibility index (Phi) is 7.47. The standard InChI is InChI=1S/C28H30BrNO4/c1-18(2)19-9-11-21(12-10-19)34-17-25-23-16-27(33-4)26(32-3)15-20(23)13-14-30(25)28(31)22-7-5-6-8-24(22)29/h5-12,15-16,18,25H,13-14,17H2,1-4H3. The van der Waals surface area contributed by atoms with Gasteiger partial charge in [-0.15, -0.1) is 0 Å². The maximum atomic E-state index is 13.6. The molecule has 0 saturated carbocycles. The van der Waals surface area contributed by atoms with E-state index >= 15 is 0 Å². The van der Waals surface area contributed by atoms with Crippen LogP contribution >= 0.6 is 15.9 Å². The van der Waals surface area contributed by atoms with Crippen LogP contribution in [0.2, 0.25) is 0 Å². The second kappa shape index (κ2) is 10.5. The van der Waals surface area contributed by atoms with E-state index in [1.807, 2.05) is 53.4 Å². The lowest BCUT2D eigenvalue weighted by molar-refractivity contribution is 0.0588. The summed E-state index contributed by atoms with van der Waals surface area (Å²) in [7, 11) is 3.26. The molecule has 1 aliphatic heterocycles. The minimum Gasteiger partial charge on any atom is -0.493 e. The molecule has 0 spiro atoms. The number of ether oxygens (including phenoxy) is 3. The number of hydrogen-bond donors (Lipinski definition) is 0. The Morgan fingerprint density at radius 1 is 1.03 bits per heavy atom. The minimum absolute atomic E-state index is 0.0309. The lowest BCUT2D eigenvalue weighted by Gasteiger charge is -2.38. The molecule has 1 atom stereocenters. The largest absolute Gasteiger partial charge is 0.493 e. The number of methoxy groups -OCH3 is 2. The molecular weight excluding hydrogens is 494 g/mol. The second-order valence-electron chi connectivity index (χ2n) is 8.68. The monoisotopic (exact) mass is 523 g/mol. The van der Waals surface area contributed by atoms with E-state index in [4.69, 9.17) is 14.2 Å². The van der Waals surface area contributed by atoms with Gasteiger partial charge in [-0.25, -0.2) is 0 Å². The van der Waals surface area contributed by atoms with E-state index in [1.54, 1.807) is 14.2 Å². The van der Waals surface area contributed by atoms with E-state index in [0.29, 0.717) is 36.1 Å². The average molecular weight is 524 g/mol. The minimum atomic E-state index is -0.270. The summed E-state index contributed by atoms with van der Waals surface area (Å²) in [5.41, 5.74) is 4.05. The first-order valence-corrected chi connectivity index (χ1v) is 12.2. The molecule has 0 N–H and O–H groups in total. The van der Waals surface area contributed by atoms with Gasteiger partial charge < -0.3 is 19.1 Å². The first kappa shape index (κ1) is 24.1. The van der Waals surface area contributed by atoms with Gasteiger partial charge in [-0.3, -0.25) is 4.79 Å². The van der Waals surface area contributed by atoms with Gasteiger partial charge in [0.2, 0.25) is 0 Å². The fourth-order valence-electron chi connectivity index (χ4n) is 4.36. The van der Waals surface area contributed by atoms with E-state index in [-0.39, 0.29) is 11.9 Å². The first-order chi connectivity index (χ1) is 16.4. The third-order valence-corrected chi connectivity index (χ3v) is 7.01. The summed E-state index contributed by atoms with van der Waals surface area (Å²) in [6.07, 6.45) is 0.728. The number of halogens is 1. The lowest BCUT2D eigenvalue weighted by Crippen LogP contribution is -2.42. The smallest absolute Gasteiger partial charge is 0.255 e. The van der Waals surface area contributed by atoms with Crippen LogP contribution in [0, 0.1) is 0 Å². The highest BCUT2D eigenvalue weighted by molar-refractivity contribution is 9.10. The Morgan fingerprint density at radius 2 is 1.71 bits per heavy atom. The van der Waals surface area contributed by atoms with E-state index < -0.39 is 0 Å². The van der Waals surface area contributed by atoms with Gasteiger partial charge in [0.05, 0.1) is 25.8 Å². The summed E-state index contributed by atoms with van der Waals surface area (Å²) in [5, 5.41) is 0. The number of hydrogen-bond acceptors (Lipinski definition) is 4. The van der Waals surface area contributed by atoms with Crippen molar-refractivity contribution in [2.45, 2.75) is 32.2 Å². The number of carbonyl (C=O) groups is 1. The molecule has 1 aliphatic rings. The molecule has 0 aromatic heterocycles. The number of amides is 1. The predicted octanol–water partition coefficient (Wildman–Crippen LogP) is 6.41. The summed E-state index contributed by atoms with van der Waals surface area (Å²) in [6, 6.07) is 19.4. The molecule has 1 amide bonds. The van der Waals surface area contributed by atoms with Gasteiger partial charge in [-0.05, 0) is 81.4 Å². The SMILES string of the molecule is COc1cc2c(cc1OC)C(COc1ccc(C(C)C)cc1)N(C(=O)c1ccccc1Br)CC2. The highest BCUT2D eigenvalue weighted by Crippen LogP contribution is 2.39. The van der Waals surface area contributed by atoms with Gasteiger partial charge in [0, 0.05) is 11.0 Å². The van der Waals surface area contributed by atoms with Crippen molar-refractivity contribution in [3.63, 3.8) is 0 Å². The molecule has 0 radical (unpaired) electrons. The highest BCUT2D eigenvalue weighted by atomic mass is 79.9. The molecule has 1 unspecified atom stereocenters. The van der Waals surface area contributed by atoms with Gasteiger partial charge in [0.25, 0.3) is 5.91 Å². The van der Waals surface area contributed by atoms with Crippen LogP contribution < -0.4 is 14.2 Å². The number of carbonyl (C=O) groups excluding carboxylic acids is 1. The summed E-state index contributed by atoms with van der Waals surface area (Å²) >= 11 is 3.54. The first-order valence-electron chi connectivity index (χ1n) is 11.5. The zero-order valence-electron chi connectivity index (χ0n) is 20.0. The molecule has 178 valence electrons. The normalized spacial score (nSPS) is 15.1. The number of nitrogens with zero attached hydrogens (tertiary/aromatic N) is 1. The third kappa shape index (κ3) is 4.92. The van der Waals surface area contributed by atoms with Crippen molar-refractivity contribution in [3.8, 4) is 17.2 Å². The van der Waals surface area contributed by atoms with E-state index in [0.717, 1.165) is 27.8 Å². The van der Waals surface area contributed by atoms with Crippen molar-refractivity contribution in [1.82, 2.24) is 4.90 Å². The summed E-state index contributed by atoms with van der Waals surface area (Å²) < 4.78 is 18.1. The van der Waals surface area contributed by atoms with Crippen LogP contribution in [0.5, 0.6) is 17.2 Å². The summed E-state index contributed by atoms with van der Waals surface area (Å²) in [6.45, 7) is 5.26. The van der Waals surface area contributed by atoms with Crippen LogP contribution in [0.3, 0.4) is 0 Å². The van der Waals surface area contributed by atoms with E-state index in [2.05, 4.69) is 41.9 Å². The lowest BCUT2D eigenvalue weighted by atomic mass is 9.91. The molecule has 3 aromatic rings. The van der Waals surface area contributed by atoms with Gasteiger partial charge in [0.15, 0.2) is 11.5 Å². The van der Waals surface area contributed by atoms with Gasteiger partial charge in [-0.2, -0.15) is 0 Å². The molecule has 0 bridgehead atoms. The van der Waals surface area contributed by atoms with Crippen molar-refractivity contribution in [1.29, 1.82) is 0 Å². The Bertz CT molecular complexity index is 1160. The van der Waals surface area contributed by atoms with Crippen LogP contribution in [0.15, 0.2) is 65.1 Å². The maximum Gasteiger partial charge on any atom is 0.255 e. The van der Waals surface area contributed by atoms with Crippen LogP contribution in [0.25, 0.3) is 0 Å². The third-order valence-electron chi connectivity index (χ3n) is 6.32. The van der Waals surface area contributed by atoms with Crippen LogP contribution in [0.4, 0.5) is 0 Å². The number of rotatable bonds is 7. The summed E-state index contributed by atoms with van der Waals surface area (Å²) in [4.78, 5) is 15.5. The Morgan fingerprint density at radius 3 is 2.35 bits per heavy atom. The van der Waals surface area contributed by atoms with Crippen LogP contribution in [-0.4, -0.2) is 38.2 Å². The van der Waals surface area contributed by atoms with Crippen molar-refractivity contribution in [2.24, 2.45) is 0 Å². The quantitative estimate of drug-likeness (QED) is 0.359. The molecule has 5 nitrogen and oxygen atoms in total. The maximum absolute atomic E-state index is 13.6. The van der Waals surface area contributed by atoms with Crippen molar-refractivity contribution >= 4 is 21.8 Å².